The van der Waals surface area contributed by atoms with Crippen molar-refractivity contribution in [2.45, 2.75) is 39.7 Å². The Morgan fingerprint density at radius 3 is 2.58 bits per heavy atom. The lowest BCUT2D eigenvalue weighted by molar-refractivity contribution is -0.143. The number of piperidine rings is 1. The van der Waals surface area contributed by atoms with E-state index in [-0.39, 0.29) is 17.9 Å². The summed E-state index contributed by atoms with van der Waals surface area (Å²) >= 11 is 1.63. The van der Waals surface area contributed by atoms with E-state index in [0.717, 1.165) is 15.3 Å². The molecule has 1 amide bonds. The van der Waals surface area contributed by atoms with Crippen LogP contribution in [0, 0.1) is 19.8 Å². The lowest BCUT2D eigenvalue weighted by atomic mass is 9.91. The quantitative estimate of drug-likeness (QED) is 0.906. The average molecular weight is 281 g/mol. The molecule has 4 nitrogen and oxygen atoms in total. The zero-order valence-corrected chi connectivity index (χ0v) is 12.3. The smallest absolute Gasteiger partial charge is 0.306 e. The molecule has 5 heteroatoms. The van der Waals surface area contributed by atoms with Gasteiger partial charge in [-0.05, 0) is 39.7 Å². The van der Waals surface area contributed by atoms with E-state index in [9.17, 15) is 9.59 Å². The van der Waals surface area contributed by atoms with Crippen LogP contribution in [-0.2, 0) is 4.79 Å². The zero-order valence-electron chi connectivity index (χ0n) is 11.5. The van der Waals surface area contributed by atoms with Crippen molar-refractivity contribution < 1.29 is 14.7 Å². The molecule has 2 heterocycles. The summed E-state index contributed by atoms with van der Waals surface area (Å²) in [5, 5.41) is 9.04. The van der Waals surface area contributed by atoms with Gasteiger partial charge in [0.15, 0.2) is 0 Å². The zero-order chi connectivity index (χ0) is 14.2. The molecule has 0 aliphatic carbocycles. The minimum absolute atomic E-state index is 0.0121. The first-order valence-corrected chi connectivity index (χ1v) is 7.32. The van der Waals surface area contributed by atoms with Crippen LogP contribution < -0.4 is 0 Å². The van der Waals surface area contributed by atoms with Crippen LogP contribution >= 0.6 is 11.3 Å². The van der Waals surface area contributed by atoms with Gasteiger partial charge in [-0.3, -0.25) is 9.59 Å². The van der Waals surface area contributed by atoms with Crippen LogP contribution in [0.25, 0.3) is 0 Å². The summed E-state index contributed by atoms with van der Waals surface area (Å²) in [7, 11) is 0. The predicted molar refractivity (Wildman–Crippen MR) is 74.7 cm³/mol. The van der Waals surface area contributed by atoms with Crippen LogP contribution in [0.15, 0.2) is 6.07 Å². The molecule has 0 saturated carbocycles. The number of carbonyl (C=O) groups excluding carboxylic acids is 1. The highest BCUT2D eigenvalue weighted by molar-refractivity contribution is 7.12. The first kappa shape index (κ1) is 14.1. The molecule has 104 valence electrons. The highest BCUT2D eigenvalue weighted by Gasteiger charge is 2.33. The van der Waals surface area contributed by atoms with Crippen molar-refractivity contribution in [1.82, 2.24) is 4.90 Å². The molecule has 1 saturated heterocycles. The molecule has 0 radical (unpaired) electrons. The number of amides is 1. The van der Waals surface area contributed by atoms with Crippen LogP contribution in [0.1, 0.15) is 39.9 Å². The number of carboxylic acids is 1. The van der Waals surface area contributed by atoms with Gasteiger partial charge in [-0.2, -0.15) is 0 Å². The van der Waals surface area contributed by atoms with Gasteiger partial charge in [-0.15, -0.1) is 11.3 Å². The van der Waals surface area contributed by atoms with E-state index in [1.165, 1.54) is 0 Å². The molecular formula is C14H19NO3S. The molecule has 19 heavy (non-hydrogen) atoms. The van der Waals surface area contributed by atoms with Gasteiger partial charge in [0.25, 0.3) is 5.91 Å². The summed E-state index contributed by atoms with van der Waals surface area (Å²) < 4.78 is 0. The molecule has 1 aromatic heterocycles. The molecule has 1 N–H and O–H groups in total. The fourth-order valence-corrected chi connectivity index (χ4v) is 3.61. The Bertz CT molecular complexity index is 509. The SMILES string of the molecule is Cc1cc(C(=O)N2CCC(C(=O)O)CC2C)c(C)s1. The minimum atomic E-state index is -0.749. The second-order valence-electron chi connectivity index (χ2n) is 5.23. The number of carboxylic acid groups (broad SMARTS) is 1. The first-order valence-electron chi connectivity index (χ1n) is 6.51. The maximum Gasteiger partial charge on any atom is 0.306 e. The topological polar surface area (TPSA) is 57.6 Å². The Morgan fingerprint density at radius 2 is 2.11 bits per heavy atom. The van der Waals surface area contributed by atoms with Gasteiger partial charge in [0.1, 0.15) is 0 Å². The number of hydrogen-bond acceptors (Lipinski definition) is 3. The number of thiophene rings is 1. The van der Waals surface area contributed by atoms with E-state index < -0.39 is 5.97 Å². The van der Waals surface area contributed by atoms with Crippen LogP contribution in [0.5, 0.6) is 0 Å². The van der Waals surface area contributed by atoms with Crippen molar-refractivity contribution in [2.24, 2.45) is 5.92 Å². The van der Waals surface area contributed by atoms with E-state index in [4.69, 9.17) is 5.11 Å². The Balaban J connectivity index is 2.13. The van der Waals surface area contributed by atoms with Gasteiger partial charge >= 0.3 is 5.97 Å². The molecule has 1 aliphatic rings. The third-order valence-corrected chi connectivity index (χ3v) is 4.72. The molecule has 0 spiro atoms. The second-order valence-corrected chi connectivity index (χ2v) is 6.69. The molecule has 2 unspecified atom stereocenters. The first-order chi connectivity index (χ1) is 8.90. The molecule has 0 bridgehead atoms. The Kier molecular flexibility index (Phi) is 3.94. The number of carbonyl (C=O) groups is 2. The molecule has 1 aromatic rings. The predicted octanol–water partition coefficient (Wildman–Crippen LogP) is 2.69. The fraction of sp³-hybridized carbons (Fsp3) is 0.571. The summed E-state index contributed by atoms with van der Waals surface area (Å²) in [5.41, 5.74) is 0.767. The van der Waals surface area contributed by atoms with E-state index in [1.807, 2.05) is 31.7 Å². The molecule has 0 aromatic carbocycles. The van der Waals surface area contributed by atoms with Crippen LogP contribution in [0.3, 0.4) is 0 Å². The normalized spacial score (nSPS) is 23.4. The largest absolute Gasteiger partial charge is 0.481 e. The summed E-state index contributed by atoms with van der Waals surface area (Å²) in [5.74, 6) is -1.02. The number of nitrogens with zero attached hydrogens (tertiary/aromatic N) is 1. The Morgan fingerprint density at radius 1 is 1.42 bits per heavy atom. The number of rotatable bonds is 2. The lowest BCUT2D eigenvalue weighted by Crippen LogP contribution is -2.46. The van der Waals surface area contributed by atoms with Crippen molar-refractivity contribution in [3.63, 3.8) is 0 Å². The summed E-state index contributed by atoms with van der Waals surface area (Å²) in [4.78, 5) is 27.5. The third-order valence-electron chi connectivity index (χ3n) is 3.76. The number of aryl methyl sites for hydroxylation is 2. The van der Waals surface area contributed by atoms with E-state index in [2.05, 4.69) is 0 Å². The molecule has 1 aliphatic heterocycles. The fourth-order valence-electron chi connectivity index (χ4n) is 2.70. The summed E-state index contributed by atoms with van der Waals surface area (Å²) in [6.07, 6.45) is 1.09. The summed E-state index contributed by atoms with van der Waals surface area (Å²) in [6, 6.07) is 1.92. The van der Waals surface area contributed by atoms with Gasteiger partial charge in [0.2, 0.25) is 0 Å². The number of hydrogen-bond donors (Lipinski definition) is 1. The maximum absolute atomic E-state index is 12.5. The lowest BCUT2D eigenvalue weighted by Gasteiger charge is -2.36. The minimum Gasteiger partial charge on any atom is -0.481 e. The maximum atomic E-state index is 12.5. The van der Waals surface area contributed by atoms with Gasteiger partial charge in [0, 0.05) is 22.3 Å². The second kappa shape index (κ2) is 5.33. The van der Waals surface area contributed by atoms with Crippen molar-refractivity contribution >= 4 is 23.2 Å². The van der Waals surface area contributed by atoms with Gasteiger partial charge in [0.05, 0.1) is 11.5 Å². The van der Waals surface area contributed by atoms with Gasteiger partial charge < -0.3 is 10.0 Å². The molecule has 2 atom stereocenters. The van der Waals surface area contributed by atoms with E-state index in [1.54, 1.807) is 11.3 Å². The standard InChI is InChI=1S/C14H19NO3S/c1-8-6-11(14(17)18)4-5-15(8)13(16)12-7-9(2)19-10(12)3/h7-8,11H,4-6H2,1-3H3,(H,17,18). The molecule has 1 fully saturated rings. The van der Waals surface area contributed by atoms with Crippen molar-refractivity contribution in [3.8, 4) is 0 Å². The van der Waals surface area contributed by atoms with E-state index >= 15 is 0 Å². The summed E-state index contributed by atoms with van der Waals surface area (Å²) in [6.45, 7) is 6.42. The highest BCUT2D eigenvalue weighted by atomic mass is 32.1. The van der Waals surface area contributed by atoms with Crippen molar-refractivity contribution in [2.75, 3.05) is 6.54 Å². The Hall–Kier alpha value is -1.36. The molecular weight excluding hydrogens is 262 g/mol. The van der Waals surface area contributed by atoms with Crippen molar-refractivity contribution in [1.29, 1.82) is 0 Å². The number of likely N-dealkylation sites (tertiary alicyclic amines) is 1. The van der Waals surface area contributed by atoms with Crippen molar-refractivity contribution in [3.05, 3.63) is 21.4 Å². The Labute approximate surface area is 117 Å². The highest BCUT2D eigenvalue weighted by Crippen LogP contribution is 2.27. The van der Waals surface area contributed by atoms with Gasteiger partial charge in [-0.1, -0.05) is 0 Å². The third kappa shape index (κ3) is 2.81. The van der Waals surface area contributed by atoms with Crippen LogP contribution in [0.2, 0.25) is 0 Å². The monoisotopic (exact) mass is 281 g/mol. The average Bonchev–Trinajstić information content (AvgIpc) is 2.67. The van der Waals surface area contributed by atoms with E-state index in [0.29, 0.717) is 19.4 Å². The molecule has 2 rings (SSSR count). The number of aliphatic carboxylic acids is 1. The van der Waals surface area contributed by atoms with Crippen LogP contribution in [0.4, 0.5) is 0 Å². The van der Waals surface area contributed by atoms with Gasteiger partial charge in [-0.25, -0.2) is 0 Å². The van der Waals surface area contributed by atoms with Crippen LogP contribution in [-0.4, -0.2) is 34.5 Å².